The number of sulfonamides is 1. The molecule has 2 N–H and O–H groups in total. The van der Waals surface area contributed by atoms with E-state index in [0.29, 0.717) is 24.7 Å². The third-order valence-corrected chi connectivity index (χ3v) is 6.08. The Morgan fingerprint density at radius 3 is 2.84 bits per heavy atom. The lowest BCUT2D eigenvalue weighted by molar-refractivity contribution is 0.261. The maximum absolute atomic E-state index is 12.6. The molecule has 106 valence electrons. The van der Waals surface area contributed by atoms with E-state index >= 15 is 0 Å². The van der Waals surface area contributed by atoms with E-state index in [1.165, 1.54) is 0 Å². The summed E-state index contributed by atoms with van der Waals surface area (Å²) in [5.41, 5.74) is 6.14. The molecule has 0 bridgehead atoms. The minimum Gasteiger partial charge on any atom is -0.398 e. The molecule has 0 aliphatic carbocycles. The number of nitrogens with zero attached hydrogens (tertiary/aromatic N) is 1. The molecular formula is C13H19BrN2O2S. The molecule has 6 heteroatoms. The van der Waals surface area contributed by atoms with Gasteiger partial charge in [-0.3, -0.25) is 0 Å². The fourth-order valence-electron chi connectivity index (χ4n) is 2.47. The second-order valence-electron chi connectivity index (χ2n) is 4.96. The summed E-state index contributed by atoms with van der Waals surface area (Å²) in [6.07, 6.45) is 3.05. The molecule has 1 aliphatic heterocycles. The van der Waals surface area contributed by atoms with Gasteiger partial charge >= 0.3 is 0 Å². The molecule has 4 nitrogen and oxygen atoms in total. The standard InChI is InChI=1S/C13H19BrN2O2S/c1-2-10-4-3-7-16(9-10)19(17,18)13-6-5-11(14)8-12(13)15/h5-6,8,10H,2-4,7,9,15H2,1H3. The van der Waals surface area contributed by atoms with E-state index in [-0.39, 0.29) is 4.90 Å². The molecule has 1 aliphatic rings. The highest BCUT2D eigenvalue weighted by atomic mass is 79.9. The average molecular weight is 347 g/mol. The highest BCUT2D eigenvalue weighted by Gasteiger charge is 2.30. The first-order valence-electron chi connectivity index (χ1n) is 6.50. The topological polar surface area (TPSA) is 63.4 Å². The Balaban J connectivity index is 2.31. The Labute approximate surface area is 123 Å². The van der Waals surface area contributed by atoms with Crippen LogP contribution in [0.2, 0.25) is 0 Å². The third-order valence-electron chi connectivity index (χ3n) is 3.65. The zero-order chi connectivity index (χ0) is 14.0. The molecule has 0 spiro atoms. The third kappa shape index (κ3) is 3.12. The first-order valence-corrected chi connectivity index (χ1v) is 8.73. The van der Waals surface area contributed by atoms with Gasteiger partial charge in [0.25, 0.3) is 0 Å². The number of nitrogens with two attached hydrogens (primary N) is 1. The van der Waals surface area contributed by atoms with Crippen molar-refractivity contribution in [1.82, 2.24) is 4.31 Å². The summed E-state index contributed by atoms with van der Waals surface area (Å²) in [6.45, 7) is 3.30. The fraction of sp³-hybridized carbons (Fsp3) is 0.538. The van der Waals surface area contributed by atoms with Crippen molar-refractivity contribution < 1.29 is 8.42 Å². The SMILES string of the molecule is CCC1CCCN(S(=O)(=O)c2ccc(Br)cc2N)C1. The summed E-state index contributed by atoms with van der Waals surface area (Å²) in [6, 6.07) is 4.92. The summed E-state index contributed by atoms with van der Waals surface area (Å²) in [7, 11) is -3.46. The first-order chi connectivity index (χ1) is 8.95. The number of hydrogen-bond acceptors (Lipinski definition) is 3. The Hall–Kier alpha value is -0.590. The molecule has 19 heavy (non-hydrogen) atoms. The molecule has 0 amide bonds. The predicted octanol–water partition coefficient (Wildman–Crippen LogP) is 2.84. The van der Waals surface area contributed by atoms with Crippen LogP contribution in [0.15, 0.2) is 27.6 Å². The summed E-state index contributed by atoms with van der Waals surface area (Å²) in [5, 5.41) is 0. The van der Waals surface area contributed by atoms with Crippen LogP contribution in [0.5, 0.6) is 0 Å². The summed E-state index contributed by atoms with van der Waals surface area (Å²) in [5.74, 6) is 0.459. The normalized spacial score (nSPS) is 21.5. The zero-order valence-corrected chi connectivity index (χ0v) is 13.4. The first kappa shape index (κ1) is 14.8. The van der Waals surface area contributed by atoms with Crippen LogP contribution < -0.4 is 5.73 Å². The molecule has 1 heterocycles. The van der Waals surface area contributed by atoms with Gasteiger partial charge in [-0.1, -0.05) is 29.3 Å². The van der Waals surface area contributed by atoms with Gasteiger partial charge in [0, 0.05) is 17.6 Å². The Morgan fingerprint density at radius 1 is 1.47 bits per heavy atom. The average Bonchev–Trinajstić information content (AvgIpc) is 2.38. The largest absolute Gasteiger partial charge is 0.398 e. The molecule has 1 atom stereocenters. The Bertz CT molecular complexity index is 560. The highest BCUT2D eigenvalue weighted by molar-refractivity contribution is 9.10. The smallest absolute Gasteiger partial charge is 0.245 e. The number of piperidine rings is 1. The molecule has 1 fully saturated rings. The fourth-order valence-corrected chi connectivity index (χ4v) is 4.50. The minimum absolute atomic E-state index is 0.215. The molecule has 0 radical (unpaired) electrons. The van der Waals surface area contributed by atoms with Crippen molar-refractivity contribution in [2.45, 2.75) is 31.1 Å². The van der Waals surface area contributed by atoms with Gasteiger partial charge in [0.15, 0.2) is 0 Å². The maximum atomic E-state index is 12.6. The number of hydrogen-bond donors (Lipinski definition) is 1. The van der Waals surface area contributed by atoms with Crippen LogP contribution in [0.4, 0.5) is 5.69 Å². The van der Waals surface area contributed by atoms with E-state index in [1.807, 2.05) is 0 Å². The van der Waals surface area contributed by atoms with Gasteiger partial charge in [-0.05, 0) is 37.0 Å². The van der Waals surface area contributed by atoms with E-state index in [4.69, 9.17) is 5.73 Å². The molecule has 2 rings (SSSR count). The lowest BCUT2D eigenvalue weighted by atomic mass is 9.97. The van der Waals surface area contributed by atoms with Crippen LogP contribution in [0, 0.1) is 5.92 Å². The lowest BCUT2D eigenvalue weighted by Gasteiger charge is -2.31. The van der Waals surface area contributed by atoms with Crippen LogP contribution >= 0.6 is 15.9 Å². The van der Waals surface area contributed by atoms with Gasteiger partial charge in [0.2, 0.25) is 10.0 Å². The van der Waals surface area contributed by atoms with Crippen LogP contribution in [0.3, 0.4) is 0 Å². The monoisotopic (exact) mass is 346 g/mol. The van der Waals surface area contributed by atoms with Crippen molar-refractivity contribution >= 4 is 31.6 Å². The molecule has 0 aromatic heterocycles. The van der Waals surface area contributed by atoms with Crippen LogP contribution in [0.25, 0.3) is 0 Å². The maximum Gasteiger partial charge on any atom is 0.245 e. The van der Waals surface area contributed by atoms with Crippen LogP contribution in [-0.2, 0) is 10.0 Å². The van der Waals surface area contributed by atoms with Crippen LogP contribution in [0.1, 0.15) is 26.2 Å². The van der Waals surface area contributed by atoms with Gasteiger partial charge < -0.3 is 5.73 Å². The quantitative estimate of drug-likeness (QED) is 0.856. The Kier molecular flexibility index (Phi) is 4.53. The number of benzene rings is 1. The molecule has 1 aromatic rings. The van der Waals surface area contributed by atoms with Gasteiger partial charge in [-0.25, -0.2) is 8.42 Å². The van der Waals surface area contributed by atoms with Gasteiger partial charge in [0.05, 0.1) is 5.69 Å². The lowest BCUT2D eigenvalue weighted by Crippen LogP contribution is -2.39. The van der Waals surface area contributed by atoms with Crippen molar-refractivity contribution in [2.24, 2.45) is 5.92 Å². The van der Waals surface area contributed by atoms with Gasteiger partial charge in [-0.2, -0.15) is 4.31 Å². The summed E-state index contributed by atoms with van der Waals surface area (Å²) < 4.78 is 27.6. The molecule has 0 saturated carbocycles. The van der Waals surface area contributed by atoms with Crippen molar-refractivity contribution in [3.63, 3.8) is 0 Å². The molecule has 1 saturated heterocycles. The molecule has 1 unspecified atom stereocenters. The van der Waals surface area contributed by atoms with Crippen LogP contribution in [-0.4, -0.2) is 25.8 Å². The minimum atomic E-state index is -3.46. The highest BCUT2D eigenvalue weighted by Crippen LogP contribution is 2.29. The van der Waals surface area contributed by atoms with E-state index in [0.717, 1.165) is 23.7 Å². The van der Waals surface area contributed by atoms with E-state index in [1.54, 1.807) is 22.5 Å². The second kappa shape index (κ2) is 5.81. The summed E-state index contributed by atoms with van der Waals surface area (Å²) in [4.78, 5) is 0.215. The summed E-state index contributed by atoms with van der Waals surface area (Å²) >= 11 is 3.29. The van der Waals surface area contributed by atoms with Crippen molar-refractivity contribution in [2.75, 3.05) is 18.8 Å². The number of anilines is 1. The van der Waals surface area contributed by atoms with Crippen molar-refractivity contribution in [1.29, 1.82) is 0 Å². The van der Waals surface area contributed by atoms with E-state index in [2.05, 4.69) is 22.9 Å². The van der Waals surface area contributed by atoms with Crippen molar-refractivity contribution in [3.05, 3.63) is 22.7 Å². The number of halogens is 1. The zero-order valence-electron chi connectivity index (χ0n) is 11.0. The van der Waals surface area contributed by atoms with E-state index < -0.39 is 10.0 Å². The van der Waals surface area contributed by atoms with Gasteiger partial charge in [-0.15, -0.1) is 0 Å². The number of rotatable bonds is 3. The van der Waals surface area contributed by atoms with Gasteiger partial charge in [0.1, 0.15) is 4.90 Å². The Morgan fingerprint density at radius 2 is 2.21 bits per heavy atom. The molecule has 1 aromatic carbocycles. The van der Waals surface area contributed by atoms with Crippen molar-refractivity contribution in [3.8, 4) is 0 Å². The predicted molar refractivity (Wildman–Crippen MR) is 80.3 cm³/mol. The number of nitrogen functional groups attached to an aromatic ring is 1. The molecular weight excluding hydrogens is 328 g/mol. The van der Waals surface area contributed by atoms with E-state index in [9.17, 15) is 8.42 Å². The second-order valence-corrected chi connectivity index (χ2v) is 7.78.